The summed E-state index contributed by atoms with van der Waals surface area (Å²) in [6.45, 7) is 7.40. The summed E-state index contributed by atoms with van der Waals surface area (Å²) < 4.78 is 27.4. The van der Waals surface area contributed by atoms with Gasteiger partial charge in [0.15, 0.2) is 4.90 Å². The Kier molecular flexibility index (Phi) is 7.59. The van der Waals surface area contributed by atoms with Crippen LogP contribution in [0.4, 0.5) is 5.69 Å². The van der Waals surface area contributed by atoms with Gasteiger partial charge in [-0.3, -0.25) is 14.9 Å². The van der Waals surface area contributed by atoms with E-state index in [0.717, 1.165) is 6.54 Å². The summed E-state index contributed by atoms with van der Waals surface area (Å²) >= 11 is 0. The first-order valence-corrected chi connectivity index (χ1v) is 11.5. The fourth-order valence-corrected chi connectivity index (χ4v) is 5.82. The van der Waals surface area contributed by atoms with Crippen LogP contribution in [0.15, 0.2) is 23.1 Å². The molecule has 9 nitrogen and oxygen atoms in total. The van der Waals surface area contributed by atoms with E-state index < -0.39 is 20.6 Å². The van der Waals surface area contributed by atoms with Crippen LogP contribution < -0.4 is 5.32 Å². The van der Waals surface area contributed by atoms with E-state index in [-0.39, 0.29) is 35.2 Å². The molecule has 1 heterocycles. The molecule has 1 amide bonds. The third-order valence-corrected chi connectivity index (χ3v) is 7.39. The molecule has 1 aromatic carbocycles. The molecular formula is C20H32N4O5S. The van der Waals surface area contributed by atoms with E-state index in [2.05, 4.69) is 24.1 Å². The van der Waals surface area contributed by atoms with Gasteiger partial charge in [-0.25, -0.2) is 8.42 Å². The zero-order valence-electron chi connectivity index (χ0n) is 18.3. The van der Waals surface area contributed by atoms with Crippen molar-refractivity contribution in [2.24, 2.45) is 11.3 Å². The molecule has 0 radical (unpaired) electrons. The van der Waals surface area contributed by atoms with E-state index >= 15 is 0 Å². The van der Waals surface area contributed by atoms with Gasteiger partial charge in [0.25, 0.3) is 5.69 Å². The highest BCUT2D eigenvalue weighted by atomic mass is 32.2. The molecule has 0 saturated carbocycles. The van der Waals surface area contributed by atoms with Crippen molar-refractivity contribution in [3.8, 4) is 0 Å². The van der Waals surface area contributed by atoms with Gasteiger partial charge in [-0.1, -0.05) is 26.0 Å². The minimum atomic E-state index is -4.01. The number of hydrogen-bond acceptors (Lipinski definition) is 6. The second-order valence-corrected chi connectivity index (χ2v) is 10.9. The number of nitrogens with zero attached hydrogens (tertiary/aromatic N) is 3. The molecular weight excluding hydrogens is 408 g/mol. The minimum Gasteiger partial charge on any atom is -0.355 e. The highest BCUT2D eigenvalue weighted by Gasteiger charge is 2.37. The maximum Gasteiger partial charge on any atom is 0.289 e. The number of carbonyl (C=O) groups excluding carboxylic acids is 1. The second-order valence-electron chi connectivity index (χ2n) is 8.98. The fraction of sp³-hybridized carbons (Fsp3) is 0.650. The van der Waals surface area contributed by atoms with Gasteiger partial charge < -0.3 is 10.2 Å². The van der Waals surface area contributed by atoms with Gasteiger partial charge in [-0.15, -0.1) is 0 Å². The van der Waals surface area contributed by atoms with Crippen LogP contribution in [0.3, 0.4) is 0 Å². The molecule has 0 aliphatic carbocycles. The largest absolute Gasteiger partial charge is 0.355 e. The van der Waals surface area contributed by atoms with E-state index in [4.69, 9.17) is 0 Å². The number of benzene rings is 1. The lowest BCUT2D eigenvalue weighted by atomic mass is 9.91. The van der Waals surface area contributed by atoms with Crippen LogP contribution in [-0.4, -0.2) is 68.7 Å². The lowest BCUT2D eigenvalue weighted by Crippen LogP contribution is -2.46. The van der Waals surface area contributed by atoms with Gasteiger partial charge in [-0.2, -0.15) is 4.31 Å². The topological polar surface area (TPSA) is 113 Å². The first kappa shape index (κ1) is 24.2. The molecule has 1 N–H and O–H groups in total. The van der Waals surface area contributed by atoms with Crippen molar-refractivity contribution in [2.75, 3.05) is 40.3 Å². The number of piperidine rings is 1. The Morgan fingerprint density at radius 1 is 1.30 bits per heavy atom. The summed E-state index contributed by atoms with van der Waals surface area (Å²) in [5, 5.41) is 14.3. The Bertz CT molecular complexity index is 890. The second kappa shape index (κ2) is 9.40. The normalized spacial score (nSPS) is 16.6. The van der Waals surface area contributed by atoms with Gasteiger partial charge in [-0.05, 0) is 44.8 Å². The Hall–Kier alpha value is -2.04. The Morgan fingerprint density at radius 2 is 1.90 bits per heavy atom. The number of aryl methyl sites for hydroxylation is 1. The molecule has 1 fully saturated rings. The maximum absolute atomic E-state index is 13.1. The van der Waals surface area contributed by atoms with Crippen LogP contribution >= 0.6 is 0 Å². The molecule has 0 bridgehead atoms. The molecule has 1 aliphatic heterocycles. The van der Waals surface area contributed by atoms with Crippen molar-refractivity contribution in [1.82, 2.24) is 14.5 Å². The van der Waals surface area contributed by atoms with Crippen LogP contribution in [-0.2, 0) is 14.8 Å². The summed E-state index contributed by atoms with van der Waals surface area (Å²) in [6.07, 6.45) is 0.775. The lowest BCUT2D eigenvalue weighted by Gasteiger charge is -2.32. The van der Waals surface area contributed by atoms with E-state index in [0.29, 0.717) is 24.9 Å². The predicted octanol–water partition coefficient (Wildman–Crippen LogP) is 2.01. The summed E-state index contributed by atoms with van der Waals surface area (Å²) in [5.41, 5.74) is -0.155. The van der Waals surface area contributed by atoms with Crippen molar-refractivity contribution < 1.29 is 18.1 Å². The first-order valence-electron chi connectivity index (χ1n) is 10.0. The molecule has 30 heavy (non-hydrogen) atoms. The van der Waals surface area contributed by atoms with Crippen LogP contribution in [0, 0.1) is 28.4 Å². The first-order chi connectivity index (χ1) is 13.8. The predicted molar refractivity (Wildman–Crippen MR) is 115 cm³/mol. The van der Waals surface area contributed by atoms with Crippen LogP contribution in [0.25, 0.3) is 0 Å². The maximum atomic E-state index is 13.1. The van der Waals surface area contributed by atoms with Crippen LogP contribution in [0.5, 0.6) is 0 Å². The molecule has 2 rings (SSSR count). The van der Waals surface area contributed by atoms with Crippen molar-refractivity contribution in [3.05, 3.63) is 33.9 Å². The molecule has 0 spiro atoms. The Balaban J connectivity index is 2.04. The average Bonchev–Trinajstić information content (AvgIpc) is 2.64. The van der Waals surface area contributed by atoms with Gasteiger partial charge in [0.2, 0.25) is 15.9 Å². The monoisotopic (exact) mass is 440 g/mol. The number of nitrogens with one attached hydrogen (secondary N) is 1. The summed E-state index contributed by atoms with van der Waals surface area (Å²) in [4.78, 5) is 25.0. The van der Waals surface area contributed by atoms with Crippen molar-refractivity contribution in [2.45, 2.75) is 38.5 Å². The number of nitro groups is 1. The summed E-state index contributed by atoms with van der Waals surface area (Å²) in [5.74, 6) is -0.334. The van der Waals surface area contributed by atoms with Crippen molar-refractivity contribution in [3.63, 3.8) is 0 Å². The third kappa shape index (κ3) is 5.77. The number of carbonyl (C=O) groups is 1. The smallest absolute Gasteiger partial charge is 0.289 e. The van der Waals surface area contributed by atoms with Crippen LogP contribution in [0.2, 0.25) is 0 Å². The molecule has 0 unspecified atom stereocenters. The highest BCUT2D eigenvalue weighted by molar-refractivity contribution is 7.89. The van der Waals surface area contributed by atoms with Gasteiger partial charge >= 0.3 is 0 Å². The van der Waals surface area contributed by atoms with E-state index in [1.807, 2.05) is 14.1 Å². The molecule has 0 aromatic heterocycles. The zero-order chi connectivity index (χ0) is 22.7. The Labute approximate surface area is 178 Å². The number of sulfonamides is 1. The zero-order valence-corrected chi connectivity index (χ0v) is 19.2. The van der Waals surface area contributed by atoms with Gasteiger partial charge in [0.05, 0.1) is 4.92 Å². The number of nitro benzene ring substituents is 1. The molecule has 0 atom stereocenters. The van der Waals surface area contributed by atoms with Gasteiger partial charge in [0.1, 0.15) is 0 Å². The number of hydrogen-bond donors (Lipinski definition) is 1. The average molecular weight is 441 g/mol. The molecule has 1 saturated heterocycles. The third-order valence-electron chi connectivity index (χ3n) is 5.30. The Morgan fingerprint density at radius 3 is 2.43 bits per heavy atom. The van der Waals surface area contributed by atoms with E-state index in [1.54, 1.807) is 13.0 Å². The number of rotatable bonds is 8. The summed E-state index contributed by atoms with van der Waals surface area (Å²) in [6, 6.07) is 4.23. The molecule has 168 valence electrons. The highest BCUT2D eigenvalue weighted by Crippen LogP contribution is 2.32. The minimum absolute atomic E-state index is 0.0687. The quantitative estimate of drug-likeness (QED) is 0.489. The standard InChI is InChI=1S/C20H32N4O5S/c1-15-7-6-8-17(24(26)27)18(15)30(28,29)23-11-9-16(10-12-23)19(25)21-13-20(2,3)14-22(4)5/h6-8,16H,9-14H2,1-5H3,(H,21,25). The van der Waals surface area contributed by atoms with E-state index in [9.17, 15) is 23.3 Å². The molecule has 10 heteroatoms. The molecule has 1 aromatic rings. The van der Waals surface area contributed by atoms with E-state index in [1.165, 1.54) is 16.4 Å². The van der Waals surface area contributed by atoms with Gasteiger partial charge in [0, 0.05) is 38.2 Å². The molecule has 1 aliphatic rings. The summed E-state index contributed by atoms with van der Waals surface area (Å²) in [7, 11) is -0.0428. The van der Waals surface area contributed by atoms with Crippen molar-refractivity contribution in [1.29, 1.82) is 0 Å². The van der Waals surface area contributed by atoms with Crippen LogP contribution in [0.1, 0.15) is 32.3 Å². The lowest BCUT2D eigenvalue weighted by molar-refractivity contribution is -0.387. The SMILES string of the molecule is Cc1cccc([N+](=O)[O-])c1S(=O)(=O)N1CCC(C(=O)NCC(C)(C)CN(C)C)CC1. The number of amides is 1. The fourth-order valence-electron chi connectivity index (χ4n) is 3.99. The van der Waals surface area contributed by atoms with Crippen molar-refractivity contribution >= 4 is 21.6 Å².